The zero-order valence-electron chi connectivity index (χ0n) is 29.8. The van der Waals surface area contributed by atoms with Crippen LogP contribution in [-0.2, 0) is 16.2 Å². The zero-order chi connectivity index (χ0) is 34.4. The van der Waals surface area contributed by atoms with Gasteiger partial charge in [-0.3, -0.25) is 14.4 Å². The van der Waals surface area contributed by atoms with Crippen LogP contribution in [0.4, 0.5) is 5.69 Å². The Labute approximate surface area is 280 Å². The predicted molar refractivity (Wildman–Crippen MR) is 185 cm³/mol. The first kappa shape index (κ1) is 35.1. The first-order valence-electron chi connectivity index (χ1n) is 16.9. The monoisotopic (exact) mass is 649 g/mol. The standard InChI is InChI=1S/C37H55N5O5/c1-21-29-17-26(37(29,3)4)18-30(21)39-36(45)33-32(22(2)43)31(20-40(6)7)47-42(33)19-23-12-11-13-28(34(23)46-10)24-14-25(35(44)38-5)16-27(15-24)41(8)9/h11-16,21-22,26,29-33,43H,17-20H2,1-10H3,(H,38,44)(H,39,45)/t21-,22-,26+,29-,30-,31-,32+,33-/m0/s1. The van der Waals surface area contributed by atoms with E-state index in [1.807, 2.05) is 74.4 Å². The molecule has 4 aliphatic rings. The van der Waals surface area contributed by atoms with Crippen LogP contribution in [0.1, 0.15) is 56.5 Å². The number of methoxy groups -OCH3 is 1. The number of likely N-dealkylation sites (N-methyl/N-ethyl adjacent to an activating group) is 1. The lowest BCUT2D eigenvalue weighted by atomic mass is 9.45. The number of carbonyl (C=O) groups excluding carboxylic acids is 2. The molecule has 4 fully saturated rings. The topological polar surface area (TPSA) is 107 Å². The lowest BCUT2D eigenvalue weighted by molar-refractivity contribution is -0.179. The van der Waals surface area contributed by atoms with Crippen molar-refractivity contribution in [2.24, 2.45) is 29.1 Å². The van der Waals surface area contributed by atoms with Gasteiger partial charge < -0.3 is 30.3 Å². The van der Waals surface area contributed by atoms with Crippen molar-refractivity contribution in [1.29, 1.82) is 0 Å². The Morgan fingerprint density at radius 1 is 1.15 bits per heavy atom. The molecule has 0 unspecified atom stereocenters. The number of rotatable bonds is 11. The van der Waals surface area contributed by atoms with Gasteiger partial charge in [0.05, 0.1) is 25.9 Å². The summed E-state index contributed by atoms with van der Waals surface area (Å²) in [4.78, 5) is 37.6. The minimum Gasteiger partial charge on any atom is -0.496 e. The molecule has 1 heterocycles. The highest BCUT2D eigenvalue weighted by Gasteiger charge is 2.57. The van der Waals surface area contributed by atoms with E-state index in [9.17, 15) is 14.7 Å². The minimum atomic E-state index is -0.762. The van der Waals surface area contributed by atoms with Crippen LogP contribution in [0.15, 0.2) is 36.4 Å². The van der Waals surface area contributed by atoms with Gasteiger partial charge in [0.25, 0.3) is 5.91 Å². The van der Waals surface area contributed by atoms with Gasteiger partial charge in [-0.05, 0) is 80.8 Å². The molecule has 2 aromatic carbocycles. The van der Waals surface area contributed by atoms with Crippen LogP contribution in [0, 0.1) is 29.1 Å². The van der Waals surface area contributed by atoms with Gasteiger partial charge in [0.2, 0.25) is 5.91 Å². The van der Waals surface area contributed by atoms with E-state index < -0.39 is 18.1 Å². The lowest BCUT2D eigenvalue weighted by Gasteiger charge is -2.62. The van der Waals surface area contributed by atoms with E-state index in [2.05, 4.69) is 31.4 Å². The molecule has 8 atom stereocenters. The Kier molecular flexibility index (Phi) is 10.3. The molecule has 258 valence electrons. The first-order chi connectivity index (χ1) is 22.2. The number of hydroxylamine groups is 2. The highest BCUT2D eigenvalue weighted by atomic mass is 16.7. The number of hydrogen-bond acceptors (Lipinski definition) is 8. The van der Waals surface area contributed by atoms with Crippen LogP contribution in [0.2, 0.25) is 0 Å². The number of anilines is 1. The average molecular weight is 650 g/mol. The molecule has 47 heavy (non-hydrogen) atoms. The number of fused-ring (bicyclic) bond motifs is 2. The Balaban J connectivity index is 1.49. The van der Waals surface area contributed by atoms with E-state index in [0.29, 0.717) is 41.0 Å². The summed E-state index contributed by atoms with van der Waals surface area (Å²) in [6, 6.07) is 11.1. The summed E-state index contributed by atoms with van der Waals surface area (Å²) >= 11 is 0. The summed E-state index contributed by atoms with van der Waals surface area (Å²) in [5.74, 6) is 1.53. The zero-order valence-corrected chi connectivity index (χ0v) is 29.8. The van der Waals surface area contributed by atoms with Gasteiger partial charge in [0.1, 0.15) is 11.8 Å². The van der Waals surface area contributed by atoms with Gasteiger partial charge in [0.15, 0.2) is 0 Å². The van der Waals surface area contributed by atoms with E-state index in [0.717, 1.165) is 28.8 Å². The van der Waals surface area contributed by atoms with E-state index in [1.54, 1.807) is 26.1 Å². The molecule has 2 aromatic rings. The second kappa shape index (κ2) is 13.7. The van der Waals surface area contributed by atoms with E-state index in [4.69, 9.17) is 9.57 Å². The van der Waals surface area contributed by atoms with Crippen LogP contribution in [-0.4, -0.2) is 100 Å². The van der Waals surface area contributed by atoms with Gasteiger partial charge in [-0.1, -0.05) is 39.0 Å². The number of benzene rings is 2. The van der Waals surface area contributed by atoms with Crippen molar-refractivity contribution < 1.29 is 24.3 Å². The molecule has 10 heteroatoms. The van der Waals surface area contributed by atoms with Crippen molar-refractivity contribution in [1.82, 2.24) is 20.6 Å². The smallest absolute Gasteiger partial charge is 0.251 e. The summed E-state index contributed by atoms with van der Waals surface area (Å²) in [6.45, 7) is 9.58. The largest absolute Gasteiger partial charge is 0.496 e. The van der Waals surface area contributed by atoms with Crippen LogP contribution >= 0.6 is 0 Å². The fourth-order valence-electron chi connectivity index (χ4n) is 8.49. The average Bonchev–Trinajstić information content (AvgIpc) is 3.37. The number of ether oxygens (including phenoxy) is 1. The van der Waals surface area contributed by atoms with E-state index >= 15 is 0 Å². The van der Waals surface area contributed by atoms with Crippen molar-refractivity contribution >= 4 is 17.5 Å². The molecule has 6 rings (SSSR count). The van der Waals surface area contributed by atoms with Gasteiger partial charge in [-0.2, -0.15) is 5.06 Å². The second-order valence-electron chi connectivity index (χ2n) is 15.1. The maximum absolute atomic E-state index is 14.3. The van der Waals surface area contributed by atoms with Crippen LogP contribution in [0.25, 0.3) is 11.1 Å². The Hall–Kier alpha value is -3.18. The lowest BCUT2D eigenvalue weighted by Crippen LogP contribution is -2.62. The normalized spacial score (nSPS) is 28.8. The summed E-state index contributed by atoms with van der Waals surface area (Å²) in [5.41, 5.74) is 4.25. The number of para-hydroxylation sites is 1. The molecule has 0 aromatic heterocycles. The van der Waals surface area contributed by atoms with Gasteiger partial charge in [-0.15, -0.1) is 0 Å². The molecule has 3 N–H and O–H groups in total. The van der Waals surface area contributed by atoms with Gasteiger partial charge in [-0.25, -0.2) is 0 Å². The fourth-order valence-corrected chi connectivity index (χ4v) is 8.49. The third kappa shape index (κ3) is 6.75. The molecular weight excluding hydrogens is 594 g/mol. The third-order valence-corrected chi connectivity index (χ3v) is 11.3. The Morgan fingerprint density at radius 3 is 2.45 bits per heavy atom. The maximum Gasteiger partial charge on any atom is 0.251 e. The molecule has 0 spiro atoms. The Bertz CT molecular complexity index is 1460. The number of aliphatic hydroxyl groups is 1. The highest BCUT2D eigenvalue weighted by molar-refractivity contribution is 5.97. The van der Waals surface area contributed by atoms with Crippen molar-refractivity contribution in [2.45, 2.75) is 71.4 Å². The van der Waals surface area contributed by atoms with Crippen LogP contribution < -0.4 is 20.3 Å². The van der Waals surface area contributed by atoms with E-state index in [-0.39, 0.29) is 30.5 Å². The first-order valence-corrected chi connectivity index (χ1v) is 16.9. The minimum absolute atomic E-state index is 0.0972. The molecule has 0 radical (unpaired) electrons. The number of amides is 2. The van der Waals surface area contributed by atoms with E-state index in [1.165, 1.54) is 6.42 Å². The fraction of sp³-hybridized carbons (Fsp3) is 0.622. The van der Waals surface area contributed by atoms with Crippen molar-refractivity contribution in [3.63, 3.8) is 0 Å². The van der Waals surface area contributed by atoms with Crippen molar-refractivity contribution in [3.8, 4) is 16.9 Å². The number of hydrogen-bond donors (Lipinski definition) is 3. The van der Waals surface area contributed by atoms with Crippen molar-refractivity contribution in [3.05, 3.63) is 47.5 Å². The van der Waals surface area contributed by atoms with Crippen LogP contribution in [0.3, 0.4) is 0 Å². The molecule has 10 nitrogen and oxygen atoms in total. The molecule has 3 aliphatic carbocycles. The number of aliphatic hydroxyl groups excluding tert-OH is 1. The SMILES string of the molecule is CNC(=O)c1cc(-c2cccc(CN3O[C@@H](CN(C)C)[C@@H]([C@H](C)O)[C@H]3C(=O)N[C@H]3C[C@H]4C[C@@H]([C@@H]3C)C4(C)C)c2OC)cc(N(C)C)c1. The summed E-state index contributed by atoms with van der Waals surface area (Å²) < 4.78 is 6.05. The third-order valence-electron chi connectivity index (χ3n) is 11.3. The summed E-state index contributed by atoms with van der Waals surface area (Å²) in [7, 11) is 11.1. The highest BCUT2D eigenvalue weighted by Crippen LogP contribution is 2.61. The summed E-state index contributed by atoms with van der Waals surface area (Å²) in [6.07, 6.45) is 1.07. The van der Waals surface area contributed by atoms with Gasteiger partial charge in [0, 0.05) is 62.0 Å². The van der Waals surface area contributed by atoms with Crippen molar-refractivity contribution in [2.75, 3.05) is 53.8 Å². The van der Waals surface area contributed by atoms with Crippen LogP contribution in [0.5, 0.6) is 5.75 Å². The summed E-state index contributed by atoms with van der Waals surface area (Å²) in [5, 5.41) is 19.0. The number of nitrogens with one attached hydrogen (secondary N) is 2. The molecule has 3 saturated carbocycles. The Morgan fingerprint density at radius 2 is 1.87 bits per heavy atom. The predicted octanol–water partition coefficient (Wildman–Crippen LogP) is 4.02. The maximum atomic E-state index is 14.3. The molecule has 2 amide bonds. The van der Waals surface area contributed by atoms with Gasteiger partial charge >= 0.3 is 0 Å². The molecule has 2 bridgehead atoms. The number of nitrogens with zero attached hydrogens (tertiary/aromatic N) is 3. The quantitative estimate of drug-likeness (QED) is 0.336. The second-order valence-corrected chi connectivity index (χ2v) is 15.1. The molecule has 1 saturated heterocycles. The number of carbonyl (C=O) groups is 2. The molecule has 1 aliphatic heterocycles. The molecular formula is C37H55N5O5.